The summed E-state index contributed by atoms with van der Waals surface area (Å²) in [6, 6.07) is 8.16. The highest BCUT2D eigenvalue weighted by Gasteiger charge is 2.14. The van der Waals surface area contributed by atoms with Gasteiger partial charge in [-0.15, -0.1) is 0 Å². The third-order valence-electron chi connectivity index (χ3n) is 3.86. The second kappa shape index (κ2) is 8.25. The van der Waals surface area contributed by atoms with E-state index in [1.54, 1.807) is 0 Å². The summed E-state index contributed by atoms with van der Waals surface area (Å²) in [5, 5.41) is 8.99. The monoisotopic (exact) mass is 278 g/mol. The third-order valence-corrected chi connectivity index (χ3v) is 3.86. The minimum Gasteiger partial charge on any atom is -0.492 e. The summed E-state index contributed by atoms with van der Waals surface area (Å²) in [6.45, 7) is 9.18. The molecule has 1 heterocycles. The molecule has 0 radical (unpaired) electrons. The molecule has 1 aromatic rings. The molecule has 1 N–H and O–H groups in total. The van der Waals surface area contributed by atoms with Crippen LogP contribution >= 0.6 is 0 Å². The summed E-state index contributed by atoms with van der Waals surface area (Å²) in [5.41, 5.74) is 1.19. The highest BCUT2D eigenvalue weighted by molar-refractivity contribution is 5.31. The highest BCUT2D eigenvalue weighted by atomic mass is 16.5. The first-order chi connectivity index (χ1) is 9.79. The average Bonchev–Trinajstić information content (AvgIpc) is 2.67. The largest absolute Gasteiger partial charge is 0.492 e. The van der Waals surface area contributed by atoms with Crippen molar-refractivity contribution >= 4 is 0 Å². The van der Waals surface area contributed by atoms with Crippen LogP contribution in [0.15, 0.2) is 24.3 Å². The maximum Gasteiger partial charge on any atom is 0.122 e. The number of aliphatic hydroxyl groups is 1. The zero-order valence-corrected chi connectivity index (χ0v) is 12.4. The van der Waals surface area contributed by atoms with Gasteiger partial charge in [-0.1, -0.05) is 18.2 Å². The lowest BCUT2D eigenvalue weighted by molar-refractivity contribution is 0.188. The molecule has 4 heteroatoms. The van der Waals surface area contributed by atoms with E-state index in [-0.39, 0.29) is 6.61 Å². The number of ether oxygens (including phenoxy) is 1. The summed E-state index contributed by atoms with van der Waals surface area (Å²) in [4.78, 5) is 4.79. The highest BCUT2D eigenvalue weighted by Crippen LogP contribution is 2.16. The fourth-order valence-corrected chi connectivity index (χ4v) is 2.62. The number of hydrogen-bond acceptors (Lipinski definition) is 4. The normalized spacial score (nSPS) is 17.9. The molecule has 1 fully saturated rings. The van der Waals surface area contributed by atoms with Crippen LogP contribution in [0.3, 0.4) is 0 Å². The molecule has 2 rings (SSSR count). The van der Waals surface area contributed by atoms with Gasteiger partial charge in [-0.25, -0.2) is 0 Å². The molecule has 0 amide bonds. The predicted octanol–water partition coefficient (Wildman–Crippen LogP) is 1.37. The maximum absolute atomic E-state index is 8.99. The number of hydrogen-bond donors (Lipinski definition) is 1. The van der Waals surface area contributed by atoms with Gasteiger partial charge in [-0.05, 0) is 38.1 Å². The number of β-amino-alcohol motifs (C(OH)–C–C–N with tert-alkyl or cyclic N) is 1. The molecule has 4 nitrogen and oxygen atoms in total. The predicted molar refractivity (Wildman–Crippen MR) is 81.3 cm³/mol. The molecule has 112 valence electrons. The molecule has 20 heavy (non-hydrogen) atoms. The van der Waals surface area contributed by atoms with Crippen LogP contribution in [0.2, 0.25) is 0 Å². The molecule has 0 atom stereocenters. The molecular weight excluding hydrogens is 252 g/mol. The molecule has 0 aliphatic carbocycles. The van der Waals surface area contributed by atoms with Gasteiger partial charge < -0.3 is 9.84 Å². The van der Waals surface area contributed by atoms with Gasteiger partial charge in [0.05, 0.1) is 6.61 Å². The van der Waals surface area contributed by atoms with Crippen LogP contribution in [0.5, 0.6) is 5.75 Å². The molecule has 0 spiro atoms. The number of aryl methyl sites for hydroxylation is 1. The summed E-state index contributed by atoms with van der Waals surface area (Å²) in [5.74, 6) is 0.990. The summed E-state index contributed by atoms with van der Waals surface area (Å²) in [7, 11) is 0. The minimum atomic E-state index is 0.260. The minimum absolute atomic E-state index is 0.260. The van der Waals surface area contributed by atoms with Crippen molar-refractivity contribution in [3.63, 3.8) is 0 Å². The standard InChI is InChI=1S/C16H26N2O2/c1-15-5-2-3-6-16(15)20-14-12-18-8-4-7-17(9-10-18)11-13-19/h2-3,5-6,19H,4,7-14H2,1H3. The Morgan fingerprint density at radius 1 is 1.05 bits per heavy atom. The van der Waals surface area contributed by atoms with Gasteiger partial charge in [0.2, 0.25) is 0 Å². The first-order valence-electron chi connectivity index (χ1n) is 7.53. The number of nitrogens with zero attached hydrogens (tertiary/aromatic N) is 2. The van der Waals surface area contributed by atoms with Crippen molar-refractivity contribution in [1.82, 2.24) is 9.80 Å². The lowest BCUT2D eigenvalue weighted by atomic mass is 10.2. The van der Waals surface area contributed by atoms with E-state index in [1.807, 2.05) is 18.2 Å². The topological polar surface area (TPSA) is 35.9 Å². The first-order valence-corrected chi connectivity index (χ1v) is 7.53. The Morgan fingerprint density at radius 2 is 1.75 bits per heavy atom. The van der Waals surface area contributed by atoms with Gasteiger partial charge in [0.25, 0.3) is 0 Å². The van der Waals surface area contributed by atoms with Crippen molar-refractivity contribution in [2.75, 3.05) is 52.5 Å². The Balaban J connectivity index is 1.70. The molecule has 0 bridgehead atoms. The van der Waals surface area contributed by atoms with Crippen molar-refractivity contribution in [2.45, 2.75) is 13.3 Å². The van der Waals surface area contributed by atoms with Crippen LogP contribution in [0.1, 0.15) is 12.0 Å². The molecule has 1 aliphatic rings. The Morgan fingerprint density at radius 3 is 2.45 bits per heavy atom. The van der Waals surface area contributed by atoms with Gasteiger partial charge in [0, 0.05) is 26.2 Å². The summed E-state index contributed by atoms with van der Waals surface area (Å²) < 4.78 is 5.86. The van der Waals surface area contributed by atoms with Crippen molar-refractivity contribution < 1.29 is 9.84 Å². The average molecular weight is 278 g/mol. The SMILES string of the molecule is Cc1ccccc1OCCN1CCCN(CCO)CC1. The van der Waals surface area contributed by atoms with E-state index in [0.29, 0.717) is 0 Å². The van der Waals surface area contributed by atoms with Gasteiger partial charge in [-0.3, -0.25) is 9.80 Å². The zero-order valence-electron chi connectivity index (χ0n) is 12.4. The van der Waals surface area contributed by atoms with E-state index in [0.717, 1.165) is 51.6 Å². The van der Waals surface area contributed by atoms with Crippen molar-refractivity contribution in [3.8, 4) is 5.75 Å². The second-order valence-corrected chi connectivity index (χ2v) is 5.37. The van der Waals surface area contributed by atoms with Gasteiger partial charge >= 0.3 is 0 Å². The van der Waals surface area contributed by atoms with Gasteiger partial charge in [-0.2, -0.15) is 0 Å². The Bertz CT molecular complexity index is 398. The van der Waals surface area contributed by atoms with Crippen LogP contribution < -0.4 is 4.74 Å². The van der Waals surface area contributed by atoms with Crippen LogP contribution in [0.25, 0.3) is 0 Å². The van der Waals surface area contributed by atoms with Crippen molar-refractivity contribution in [2.24, 2.45) is 0 Å². The quantitative estimate of drug-likeness (QED) is 0.853. The Kier molecular flexibility index (Phi) is 6.30. The van der Waals surface area contributed by atoms with Gasteiger partial charge in [0.1, 0.15) is 12.4 Å². The van der Waals surface area contributed by atoms with E-state index < -0.39 is 0 Å². The van der Waals surface area contributed by atoms with E-state index in [4.69, 9.17) is 9.84 Å². The number of aliphatic hydroxyl groups excluding tert-OH is 1. The fraction of sp³-hybridized carbons (Fsp3) is 0.625. The number of rotatable bonds is 6. The third kappa shape index (κ3) is 4.78. The van der Waals surface area contributed by atoms with Crippen molar-refractivity contribution in [3.05, 3.63) is 29.8 Å². The molecule has 0 unspecified atom stereocenters. The Labute approximate surface area is 122 Å². The summed E-state index contributed by atoms with van der Waals surface area (Å²) >= 11 is 0. The van der Waals surface area contributed by atoms with Crippen molar-refractivity contribution in [1.29, 1.82) is 0 Å². The fourth-order valence-electron chi connectivity index (χ4n) is 2.62. The number of benzene rings is 1. The second-order valence-electron chi connectivity index (χ2n) is 5.37. The molecule has 1 saturated heterocycles. The van der Waals surface area contributed by atoms with E-state index in [9.17, 15) is 0 Å². The van der Waals surface area contributed by atoms with E-state index in [2.05, 4.69) is 22.8 Å². The summed E-state index contributed by atoms with van der Waals surface area (Å²) in [6.07, 6.45) is 1.17. The number of para-hydroxylation sites is 1. The van der Waals surface area contributed by atoms with E-state index in [1.165, 1.54) is 12.0 Å². The zero-order chi connectivity index (χ0) is 14.2. The maximum atomic E-state index is 8.99. The Hall–Kier alpha value is -1.10. The molecule has 1 aliphatic heterocycles. The molecular formula is C16H26N2O2. The van der Waals surface area contributed by atoms with Crippen LogP contribution in [0.4, 0.5) is 0 Å². The molecule has 0 saturated carbocycles. The lowest BCUT2D eigenvalue weighted by Crippen LogP contribution is -2.34. The van der Waals surface area contributed by atoms with Crippen LogP contribution in [-0.2, 0) is 0 Å². The van der Waals surface area contributed by atoms with Gasteiger partial charge in [0.15, 0.2) is 0 Å². The van der Waals surface area contributed by atoms with E-state index >= 15 is 0 Å². The van der Waals surface area contributed by atoms with Crippen LogP contribution in [-0.4, -0.2) is 67.4 Å². The first kappa shape index (κ1) is 15.3. The van der Waals surface area contributed by atoms with Crippen LogP contribution in [0, 0.1) is 6.92 Å². The molecule has 1 aromatic carbocycles. The molecule has 0 aromatic heterocycles. The lowest BCUT2D eigenvalue weighted by Gasteiger charge is -2.21. The smallest absolute Gasteiger partial charge is 0.122 e.